The van der Waals surface area contributed by atoms with Crippen LogP contribution in [0.3, 0.4) is 0 Å². The first kappa shape index (κ1) is 24.7. The normalized spacial score (nSPS) is 11.3. The average Bonchev–Trinajstić information content (AvgIpc) is 2.84. The number of benzene rings is 3. The zero-order valence-electron chi connectivity index (χ0n) is 18.6. The Bertz CT molecular complexity index is 1500. The first-order valence-corrected chi connectivity index (χ1v) is 12.4. The van der Waals surface area contributed by atoms with Crippen molar-refractivity contribution in [3.05, 3.63) is 107 Å². The highest BCUT2D eigenvalue weighted by Gasteiger charge is 2.11. The highest BCUT2D eigenvalue weighted by molar-refractivity contribution is 9.10. The van der Waals surface area contributed by atoms with Crippen molar-refractivity contribution in [3.63, 3.8) is 0 Å². The molecule has 0 aliphatic carbocycles. The highest BCUT2D eigenvalue weighted by atomic mass is 79.9. The van der Waals surface area contributed by atoms with E-state index in [0.29, 0.717) is 38.9 Å². The van der Waals surface area contributed by atoms with Gasteiger partial charge in [0.25, 0.3) is 11.2 Å². The molecule has 1 heterocycles. The van der Waals surface area contributed by atoms with Crippen molar-refractivity contribution >= 4 is 54.7 Å². The van der Waals surface area contributed by atoms with Gasteiger partial charge in [-0.15, -0.1) is 0 Å². The van der Waals surface area contributed by atoms with E-state index in [0.717, 1.165) is 16.5 Å². The second-order valence-electron chi connectivity index (χ2n) is 7.71. The summed E-state index contributed by atoms with van der Waals surface area (Å²) in [5.41, 5.74) is 1.87. The molecule has 0 spiro atoms. The van der Waals surface area contributed by atoms with Gasteiger partial charge in [0.15, 0.2) is 0 Å². The summed E-state index contributed by atoms with van der Waals surface area (Å²) in [5, 5.41) is 15.9. The number of non-ortho nitro benzene ring substituents is 1. The molecule has 0 aliphatic heterocycles. The molecule has 4 aromatic rings. The Morgan fingerprint density at radius 3 is 2.71 bits per heavy atom. The van der Waals surface area contributed by atoms with Crippen molar-refractivity contribution in [1.29, 1.82) is 0 Å². The maximum atomic E-state index is 13.1. The molecule has 3 aromatic carbocycles. The fourth-order valence-electron chi connectivity index (χ4n) is 3.46. The van der Waals surface area contributed by atoms with Crippen LogP contribution in [0.1, 0.15) is 30.3 Å². The minimum absolute atomic E-state index is 0.0185. The lowest BCUT2D eigenvalue weighted by atomic mass is 10.2. The van der Waals surface area contributed by atoms with E-state index < -0.39 is 4.92 Å². The number of fused-ring (bicyclic) bond motifs is 1. The minimum Gasteiger partial charge on any atom is -0.488 e. The molecule has 0 N–H and O–H groups in total. The van der Waals surface area contributed by atoms with Crippen molar-refractivity contribution < 1.29 is 9.66 Å². The zero-order valence-corrected chi connectivity index (χ0v) is 21.8. The molecule has 0 bridgehead atoms. The molecule has 0 radical (unpaired) electrons. The Morgan fingerprint density at radius 1 is 1.14 bits per heavy atom. The van der Waals surface area contributed by atoms with Crippen LogP contribution in [0.2, 0.25) is 0 Å². The maximum absolute atomic E-state index is 13.1. The van der Waals surface area contributed by atoms with Gasteiger partial charge in [-0.3, -0.25) is 14.9 Å². The first-order valence-electron chi connectivity index (χ1n) is 10.8. The molecule has 178 valence electrons. The van der Waals surface area contributed by atoms with Crippen LogP contribution in [-0.2, 0) is 13.0 Å². The number of ether oxygens (including phenoxy) is 1. The fraction of sp³-hybridized carbons (Fsp3) is 0.160. The lowest BCUT2D eigenvalue weighted by Crippen LogP contribution is -2.22. The molecule has 10 heteroatoms. The van der Waals surface area contributed by atoms with Crippen molar-refractivity contribution in [2.45, 2.75) is 26.4 Å². The second kappa shape index (κ2) is 10.9. The molecule has 0 fully saturated rings. The van der Waals surface area contributed by atoms with Crippen LogP contribution >= 0.6 is 31.9 Å². The Hall–Kier alpha value is -3.37. The van der Waals surface area contributed by atoms with E-state index >= 15 is 0 Å². The predicted molar refractivity (Wildman–Crippen MR) is 142 cm³/mol. The molecule has 35 heavy (non-hydrogen) atoms. The lowest BCUT2D eigenvalue weighted by molar-refractivity contribution is -0.384. The van der Waals surface area contributed by atoms with Gasteiger partial charge >= 0.3 is 0 Å². The Balaban J connectivity index is 1.57. The van der Waals surface area contributed by atoms with E-state index in [-0.39, 0.29) is 17.9 Å². The van der Waals surface area contributed by atoms with E-state index in [4.69, 9.17) is 4.74 Å². The number of nitro benzene ring substituents is 1. The van der Waals surface area contributed by atoms with E-state index in [1.165, 1.54) is 16.8 Å². The molecule has 0 unspecified atom stereocenters. The molecule has 8 nitrogen and oxygen atoms in total. The van der Waals surface area contributed by atoms with Crippen LogP contribution in [0.15, 0.2) is 79.5 Å². The van der Waals surface area contributed by atoms with Gasteiger partial charge in [0, 0.05) is 23.0 Å². The van der Waals surface area contributed by atoms with E-state index in [1.54, 1.807) is 30.5 Å². The monoisotopic (exact) mass is 598 g/mol. The third kappa shape index (κ3) is 5.83. The maximum Gasteiger partial charge on any atom is 0.282 e. The molecule has 0 saturated carbocycles. The minimum atomic E-state index is -0.436. The number of aryl methyl sites for hydroxylation is 1. The SMILES string of the molecule is CCCc1nc2ccc(Br)cc2c(=O)n1N=Cc1ccc(OCc2cccc([N+](=O)[O-])c2)c(Br)c1. The van der Waals surface area contributed by atoms with E-state index in [1.807, 2.05) is 31.2 Å². The number of rotatable bonds is 8. The summed E-state index contributed by atoms with van der Waals surface area (Å²) in [6.07, 6.45) is 3.04. The molecule has 0 atom stereocenters. The van der Waals surface area contributed by atoms with Gasteiger partial charge in [-0.25, -0.2) is 4.98 Å². The third-order valence-electron chi connectivity index (χ3n) is 5.14. The Kier molecular flexibility index (Phi) is 7.72. The number of aromatic nitrogens is 2. The van der Waals surface area contributed by atoms with Crippen LogP contribution in [0.25, 0.3) is 10.9 Å². The predicted octanol–water partition coefficient (Wildman–Crippen LogP) is 6.24. The summed E-state index contributed by atoms with van der Waals surface area (Å²) in [7, 11) is 0. The van der Waals surface area contributed by atoms with Crippen LogP contribution in [-0.4, -0.2) is 20.8 Å². The first-order chi connectivity index (χ1) is 16.9. The summed E-state index contributed by atoms with van der Waals surface area (Å²) in [6, 6.07) is 17.1. The lowest BCUT2D eigenvalue weighted by Gasteiger charge is -2.10. The van der Waals surface area contributed by atoms with Crippen LogP contribution in [0, 0.1) is 10.1 Å². The molecule has 0 aliphatic rings. The number of nitrogens with zero attached hydrogens (tertiary/aromatic N) is 4. The number of hydrogen-bond acceptors (Lipinski definition) is 6. The van der Waals surface area contributed by atoms with Crippen molar-refractivity contribution in [1.82, 2.24) is 9.66 Å². The standard InChI is InChI=1S/C25H20Br2N4O4/c1-2-4-24-29-22-9-8-18(26)13-20(22)25(32)30(24)28-14-16-7-10-23(21(27)12-16)35-15-17-5-3-6-19(11-17)31(33)34/h3,5-14H,2,4,15H2,1H3. The Morgan fingerprint density at radius 2 is 1.97 bits per heavy atom. The number of nitro groups is 1. The third-order valence-corrected chi connectivity index (χ3v) is 6.26. The summed E-state index contributed by atoms with van der Waals surface area (Å²) in [5.74, 6) is 1.18. The van der Waals surface area contributed by atoms with Gasteiger partial charge in [-0.05, 0) is 69.9 Å². The average molecular weight is 600 g/mol. The smallest absolute Gasteiger partial charge is 0.282 e. The van der Waals surface area contributed by atoms with E-state index in [2.05, 4.69) is 41.9 Å². The quantitative estimate of drug-likeness (QED) is 0.135. The van der Waals surface area contributed by atoms with Crippen molar-refractivity contribution in [2.75, 3.05) is 0 Å². The topological polar surface area (TPSA) is 99.6 Å². The van der Waals surface area contributed by atoms with Crippen LogP contribution < -0.4 is 10.3 Å². The summed E-state index contributed by atoms with van der Waals surface area (Å²) >= 11 is 6.90. The molecular formula is C25H20Br2N4O4. The number of halogens is 2. The Labute approximate surface area is 217 Å². The number of hydrogen-bond donors (Lipinski definition) is 0. The fourth-order valence-corrected chi connectivity index (χ4v) is 4.33. The van der Waals surface area contributed by atoms with Crippen molar-refractivity contribution in [2.24, 2.45) is 5.10 Å². The van der Waals surface area contributed by atoms with Gasteiger partial charge < -0.3 is 4.74 Å². The van der Waals surface area contributed by atoms with Gasteiger partial charge in [0.1, 0.15) is 18.2 Å². The van der Waals surface area contributed by atoms with Gasteiger partial charge in [-0.1, -0.05) is 35.0 Å². The van der Waals surface area contributed by atoms with Crippen LogP contribution in [0.4, 0.5) is 5.69 Å². The van der Waals surface area contributed by atoms with Crippen molar-refractivity contribution in [3.8, 4) is 5.75 Å². The summed E-state index contributed by atoms with van der Waals surface area (Å²) in [6.45, 7) is 2.21. The molecule has 0 amide bonds. The zero-order chi connectivity index (χ0) is 24.9. The van der Waals surface area contributed by atoms with E-state index in [9.17, 15) is 14.9 Å². The van der Waals surface area contributed by atoms with Gasteiger partial charge in [-0.2, -0.15) is 9.78 Å². The van der Waals surface area contributed by atoms with Crippen LogP contribution in [0.5, 0.6) is 5.75 Å². The highest BCUT2D eigenvalue weighted by Crippen LogP contribution is 2.27. The summed E-state index contributed by atoms with van der Waals surface area (Å²) < 4.78 is 8.65. The molecule has 0 saturated heterocycles. The molecular weight excluding hydrogens is 580 g/mol. The van der Waals surface area contributed by atoms with Gasteiger partial charge in [0.05, 0.1) is 26.5 Å². The largest absolute Gasteiger partial charge is 0.488 e. The summed E-state index contributed by atoms with van der Waals surface area (Å²) in [4.78, 5) is 28.3. The molecule has 4 rings (SSSR count). The van der Waals surface area contributed by atoms with Gasteiger partial charge in [0.2, 0.25) is 0 Å². The molecule has 1 aromatic heterocycles. The second-order valence-corrected chi connectivity index (χ2v) is 9.48.